The second-order valence-electron chi connectivity index (χ2n) is 4.74. The molecule has 2 nitrogen and oxygen atoms in total. The van der Waals surface area contributed by atoms with Gasteiger partial charge in [-0.3, -0.25) is 0 Å². The van der Waals surface area contributed by atoms with E-state index in [1.165, 1.54) is 19.3 Å². The van der Waals surface area contributed by atoms with E-state index in [-0.39, 0.29) is 0 Å². The van der Waals surface area contributed by atoms with E-state index >= 15 is 0 Å². The fourth-order valence-electron chi connectivity index (χ4n) is 1.78. The fourth-order valence-corrected chi connectivity index (χ4v) is 1.78. The van der Waals surface area contributed by atoms with Crippen LogP contribution in [0.15, 0.2) is 0 Å². The number of rotatable bonds is 4. The summed E-state index contributed by atoms with van der Waals surface area (Å²) in [6.45, 7) is 5.10. The number of ether oxygens (including phenoxy) is 2. The minimum Gasteiger partial charge on any atom is -0.381 e. The van der Waals surface area contributed by atoms with E-state index in [9.17, 15) is 0 Å². The van der Waals surface area contributed by atoms with Gasteiger partial charge < -0.3 is 9.47 Å². The van der Waals surface area contributed by atoms with Gasteiger partial charge in [0, 0.05) is 19.8 Å². The zero-order valence-corrected chi connectivity index (χ0v) is 8.55. The van der Waals surface area contributed by atoms with Crippen LogP contribution in [-0.2, 0) is 9.47 Å². The van der Waals surface area contributed by atoms with Crippen molar-refractivity contribution in [3.05, 3.63) is 0 Å². The molecule has 2 rings (SSSR count). The summed E-state index contributed by atoms with van der Waals surface area (Å²) in [7, 11) is 0. The van der Waals surface area contributed by atoms with Crippen molar-refractivity contribution in [2.45, 2.75) is 45.1 Å². The Labute approximate surface area is 80.6 Å². The van der Waals surface area contributed by atoms with Gasteiger partial charge in [0.05, 0.1) is 6.10 Å². The molecule has 0 amide bonds. The molecule has 1 aliphatic carbocycles. The Balaban J connectivity index is 1.56. The maximum absolute atomic E-state index is 5.82. The Hall–Kier alpha value is -0.0800. The van der Waals surface area contributed by atoms with Crippen LogP contribution in [0, 0.1) is 5.41 Å². The largest absolute Gasteiger partial charge is 0.381 e. The van der Waals surface area contributed by atoms with Crippen LogP contribution in [0.5, 0.6) is 0 Å². The minimum absolute atomic E-state index is 0.482. The van der Waals surface area contributed by atoms with Gasteiger partial charge in [-0.05, 0) is 37.5 Å². The maximum atomic E-state index is 5.82. The molecule has 2 heteroatoms. The van der Waals surface area contributed by atoms with Crippen LogP contribution in [0.4, 0.5) is 0 Å². The molecule has 0 unspecified atom stereocenters. The van der Waals surface area contributed by atoms with E-state index in [1.807, 2.05) is 0 Å². The summed E-state index contributed by atoms with van der Waals surface area (Å²) in [5.41, 5.74) is 0.644. The third-order valence-electron chi connectivity index (χ3n) is 3.33. The lowest BCUT2D eigenvalue weighted by Crippen LogP contribution is -2.24. The van der Waals surface area contributed by atoms with Gasteiger partial charge in [0.1, 0.15) is 0 Å². The monoisotopic (exact) mass is 184 g/mol. The first-order chi connectivity index (χ1) is 6.29. The van der Waals surface area contributed by atoms with Gasteiger partial charge in [-0.1, -0.05) is 6.92 Å². The van der Waals surface area contributed by atoms with Crippen LogP contribution in [0.25, 0.3) is 0 Å². The Morgan fingerprint density at radius 2 is 2.00 bits per heavy atom. The highest BCUT2D eigenvalue weighted by molar-refractivity contribution is 4.88. The van der Waals surface area contributed by atoms with E-state index in [1.54, 1.807) is 0 Å². The van der Waals surface area contributed by atoms with Gasteiger partial charge in [0.15, 0.2) is 0 Å². The average molecular weight is 184 g/mol. The second kappa shape index (κ2) is 3.97. The lowest BCUT2D eigenvalue weighted by atomic mass is 10.1. The smallest absolute Gasteiger partial charge is 0.0619 e. The average Bonchev–Trinajstić information content (AvgIpc) is 2.86. The van der Waals surface area contributed by atoms with Crippen molar-refractivity contribution in [1.82, 2.24) is 0 Å². The molecular formula is C11H20O2. The molecule has 1 aliphatic heterocycles. The zero-order chi connectivity index (χ0) is 9.15. The van der Waals surface area contributed by atoms with Gasteiger partial charge in [0.2, 0.25) is 0 Å². The molecule has 0 aromatic rings. The van der Waals surface area contributed by atoms with E-state index in [2.05, 4.69) is 6.92 Å². The maximum Gasteiger partial charge on any atom is 0.0619 e. The molecule has 0 spiro atoms. The molecule has 76 valence electrons. The second-order valence-corrected chi connectivity index (χ2v) is 4.74. The van der Waals surface area contributed by atoms with E-state index < -0.39 is 0 Å². The van der Waals surface area contributed by atoms with Gasteiger partial charge in [-0.25, -0.2) is 0 Å². The van der Waals surface area contributed by atoms with Crippen molar-refractivity contribution in [3.8, 4) is 0 Å². The molecule has 1 saturated heterocycles. The molecule has 0 aromatic carbocycles. The Morgan fingerprint density at radius 3 is 2.62 bits per heavy atom. The Bertz CT molecular complexity index is 157. The van der Waals surface area contributed by atoms with Crippen LogP contribution in [0.3, 0.4) is 0 Å². The third-order valence-corrected chi connectivity index (χ3v) is 3.33. The normalized spacial score (nSPS) is 27.5. The summed E-state index contributed by atoms with van der Waals surface area (Å²) in [4.78, 5) is 0. The van der Waals surface area contributed by atoms with Gasteiger partial charge >= 0.3 is 0 Å². The number of hydrogen-bond acceptors (Lipinski definition) is 2. The van der Waals surface area contributed by atoms with Crippen molar-refractivity contribution in [2.24, 2.45) is 5.41 Å². The van der Waals surface area contributed by atoms with E-state index in [0.717, 1.165) is 32.7 Å². The summed E-state index contributed by atoms with van der Waals surface area (Å²) >= 11 is 0. The first-order valence-electron chi connectivity index (χ1n) is 5.48. The molecule has 0 aromatic heterocycles. The highest BCUT2D eigenvalue weighted by Gasteiger charge is 2.36. The van der Waals surface area contributed by atoms with Gasteiger partial charge in [-0.15, -0.1) is 0 Å². The lowest BCUT2D eigenvalue weighted by Gasteiger charge is -2.23. The molecule has 0 radical (unpaired) electrons. The summed E-state index contributed by atoms with van der Waals surface area (Å²) in [5.74, 6) is 0. The highest BCUT2D eigenvalue weighted by Crippen LogP contribution is 2.48. The molecule has 0 bridgehead atoms. The predicted molar refractivity (Wildman–Crippen MR) is 51.8 cm³/mol. The summed E-state index contributed by atoms with van der Waals surface area (Å²) in [6.07, 6.45) is 6.74. The van der Waals surface area contributed by atoms with Crippen molar-refractivity contribution in [2.75, 3.05) is 19.8 Å². The number of hydrogen-bond donors (Lipinski definition) is 0. The lowest BCUT2D eigenvalue weighted by molar-refractivity contribution is -0.0354. The molecule has 0 N–H and O–H groups in total. The third kappa shape index (κ3) is 2.96. The first-order valence-corrected chi connectivity index (χ1v) is 5.48. The zero-order valence-electron chi connectivity index (χ0n) is 8.55. The predicted octanol–water partition coefficient (Wildman–Crippen LogP) is 2.37. The quantitative estimate of drug-likeness (QED) is 0.668. The van der Waals surface area contributed by atoms with E-state index in [0.29, 0.717) is 11.5 Å². The minimum atomic E-state index is 0.482. The fraction of sp³-hybridized carbons (Fsp3) is 1.00. The van der Waals surface area contributed by atoms with Crippen molar-refractivity contribution < 1.29 is 9.47 Å². The molecule has 1 saturated carbocycles. The van der Waals surface area contributed by atoms with Gasteiger partial charge in [0.25, 0.3) is 0 Å². The Morgan fingerprint density at radius 1 is 1.31 bits per heavy atom. The highest BCUT2D eigenvalue weighted by atomic mass is 16.5. The van der Waals surface area contributed by atoms with Crippen LogP contribution in [0.2, 0.25) is 0 Å². The first kappa shape index (κ1) is 9.47. The molecule has 2 fully saturated rings. The molecular weight excluding hydrogens is 164 g/mol. The van der Waals surface area contributed by atoms with Crippen LogP contribution in [0.1, 0.15) is 39.0 Å². The van der Waals surface area contributed by atoms with Crippen LogP contribution < -0.4 is 0 Å². The van der Waals surface area contributed by atoms with Crippen molar-refractivity contribution in [3.63, 3.8) is 0 Å². The summed E-state index contributed by atoms with van der Waals surface area (Å²) < 4.78 is 11.1. The molecule has 0 atom stereocenters. The van der Waals surface area contributed by atoms with Crippen molar-refractivity contribution >= 4 is 0 Å². The standard InChI is InChI=1S/C11H20O2/c1-11(4-5-11)6-9-13-10-2-7-12-8-3-10/h10H,2-9H2,1H3. The van der Waals surface area contributed by atoms with Crippen molar-refractivity contribution in [1.29, 1.82) is 0 Å². The van der Waals surface area contributed by atoms with Gasteiger partial charge in [-0.2, -0.15) is 0 Å². The summed E-state index contributed by atoms with van der Waals surface area (Å²) in [6, 6.07) is 0. The van der Waals surface area contributed by atoms with Crippen LogP contribution >= 0.6 is 0 Å². The molecule has 1 heterocycles. The van der Waals surface area contributed by atoms with Crippen LogP contribution in [-0.4, -0.2) is 25.9 Å². The molecule has 2 aliphatic rings. The molecule has 13 heavy (non-hydrogen) atoms. The SMILES string of the molecule is CC1(CCOC2CCOCC2)CC1. The Kier molecular flexibility index (Phi) is 2.89. The topological polar surface area (TPSA) is 18.5 Å². The van der Waals surface area contributed by atoms with E-state index in [4.69, 9.17) is 9.47 Å². The summed E-state index contributed by atoms with van der Waals surface area (Å²) in [5, 5.41) is 0.